The first kappa shape index (κ1) is 12.4. The Hall–Kier alpha value is -1.03. The number of aryl methyl sites for hydroxylation is 1. The Morgan fingerprint density at radius 2 is 1.41 bits per heavy atom. The van der Waals surface area contributed by atoms with Crippen LogP contribution in [-0.2, 0) is 0 Å². The molecule has 0 saturated heterocycles. The third-order valence-corrected chi connectivity index (χ3v) is 5.04. The molecule has 2 rings (SSSR count). The number of hydrogen-bond acceptors (Lipinski definition) is 1. The Bertz CT molecular complexity index is 459. The fourth-order valence-electron chi connectivity index (χ4n) is 1.48. The zero-order valence-corrected chi connectivity index (χ0v) is 12.3. The standard InChI is InChI=1S/C15H16IO/c1-3-17-15-10-8-14(9-11-15)16-13-6-4-12(2)5-7-13/h4-11H,3H2,1-2H3/q-1. The van der Waals surface area contributed by atoms with Crippen LogP contribution >= 0.6 is 0 Å². The Kier molecular flexibility index (Phi) is 4.42. The molecule has 0 heterocycles. The van der Waals surface area contributed by atoms with Gasteiger partial charge in [0, 0.05) is 0 Å². The van der Waals surface area contributed by atoms with Gasteiger partial charge in [-0.2, -0.15) is 0 Å². The average Bonchev–Trinajstić information content (AvgIpc) is 2.35. The molecule has 0 radical (unpaired) electrons. The van der Waals surface area contributed by atoms with Gasteiger partial charge in [0.25, 0.3) is 0 Å². The monoisotopic (exact) mass is 339 g/mol. The molecule has 0 aliphatic heterocycles. The van der Waals surface area contributed by atoms with Crippen LogP contribution in [0.1, 0.15) is 12.5 Å². The van der Waals surface area contributed by atoms with Crippen molar-refractivity contribution in [2.75, 3.05) is 6.61 Å². The van der Waals surface area contributed by atoms with Gasteiger partial charge in [0.1, 0.15) is 0 Å². The summed E-state index contributed by atoms with van der Waals surface area (Å²) in [6.07, 6.45) is 0. The van der Waals surface area contributed by atoms with Crippen molar-refractivity contribution in [3.8, 4) is 5.75 Å². The van der Waals surface area contributed by atoms with E-state index in [1.165, 1.54) is 12.7 Å². The molecule has 0 aliphatic rings. The third kappa shape index (κ3) is 3.73. The topological polar surface area (TPSA) is 9.23 Å². The second kappa shape index (κ2) is 6.05. The van der Waals surface area contributed by atoms with E-state index in [-0.39, 0.29) is 21.2 Å². The van der Waals surface area contributed by atoms with Crippen molar-refractivity contribution in [3.63, 3.8) is 0 Å². The normalized spacial score (nSPS) is 10.5. The first-order chi connectivity index (χ1) is 8.28. The van der Waals surface area contributed by atoms with Gasteiger partial charge in [0.05, 0.1) is 0 Å². The Labute approximate surface area is 113 Å². The van der Waals surface area contributed by atoms with Gasteiger partial charge in [0.2, 0.25) is 0 Å². The van der Waals surface area contributed by atoms with E-state index >= 15 is 0 Å². The van der Waals surface area contributed by atoms with Crippen LogP contribution < -0.4 is 25.9 Å². The van der Waals surface area contributed by atoms with Gasteiger partial charge in [-0.15, -0.1) is 0 Å². The van der Waals surface area contributed by atoms with Crippen LogP contribution in [-0.4, -0.2) is 6.61 Å². The minimum atomic E-state index is -0.0622. The zero-order valence-electron chi connectivity index (χ0n) is 10.1. The van der Waals surface area contributed by atoms with Gasteiger partial charge < -0.3 is 0 Å². The Morgan fingerprint density at radius 1 is 0.882 bits per heavy atom. The first-order valence-electron chi connectivity index (χ1n) is 5.72. The van der Waals surface area contributed by atoms with Crippen molar-refractivity contribution in [1.29, 1.82) is 0 Å². The van der Waals surface area contributed by atoms with E-state index in [0.717, 1.165) is 12.4 Å². The number of benzene rings is 2. The summed E-state index contributed by atoms with van der Waals surface area (Å²) >= 11 is -0.0622. The quantitative estimate of drug-likeness (QED) is 0.739. The van der Waals surface area contributed by atoms with Crippen LogP contribution in [0, 0.1) is 14.1 Å². The molecule has 2 heteroatoms. The van der Waals surface area contributed by atoms with Gasteiger partial charge in [0.15, 0.2) is 0 Å². The molecule has 2 aromatic rings. The van der Waals surface area contributed by atoms with Crippen LogP contribution in [0.4, 0.5) is 0 Å². The van der Waals surface area contributed by atoms with Crippen LogP contribution in [0.2, 0.25) is 0 Å². The molecule has 0 aliphatic carbocycles. The second-order valence-corrected chi connectivity index (χ2v) is 6.81. The van der Waals surface area contributed by atoms with E-state index < -0.39 is 0 Å². The van der Waals surface area contributed by atoms with E-state index in [1.54, 1.807) is 0 Å². The Morgan fingerprint density at radius 3 is 1.94 bits per heavy atom. The van der Waals surface area contributed by atoms with Gasteiger partial charge in [-0.3, -0.25) is 0 Å². The molecule has 0 fully saturated rings. The molecule has 0 aromatic heterocycles. The molecule has 90 valence electrons. The Balaban J connectivity index is 2.05. The second-order valence-electron chi connectivity index (χ2n) is 3.78. The molecule has 0 bridgehead atoms. The summed E-state index contributed by atoms with van der Waals surface area (Å²) in [5.74, 6) is 0.962. The molecule has 2 aromatic carbocycles. The molecule has 0 spiro atoms. The van der Waals surface area contributed by atoms with Gasteiger partial charge in [-0.25, -0.2) is 0 Å². The van der Waals surface area contributed by atoms with Crippen LogP contribution in [0.15, 0.2) is 48.5 Å². The molecular weight excluding hydrogens is 323 g/mol. The summed E-state index contributed by atoms with van der Waals surface area (Å²) in [6, 6.07) is 17.3. The number of ether oxygens (including phenoxy) is 1. The molecular formula is C15H16IO-. The SMILES string of the molecule is CCOc1ccc([I-]c2ccc(C)cc2)cc1. The van der Waals surface area contributed by atoms with Crippen LogP contribution in [0.3, 0.4) is 0 Å². The van der Waals surface area contributed by atoms with E-state index in [4.69, 9.17) is 4.74 Å². The molecule has 17 heavy (non-hydrogen) atoms. The predicted molar refractivity (Wildman–Crippen MR) is 66.2 cm³/mol. The number of rotatable bonds is 4. The molecule has 1 nitrogen and oxygen atoms in total. The van der Waals surface area contributed by atoms with E-state index in [2.05, 4.69) is 55.5 Å². The molecule has 0 atom stereocenters. The van der Waals surface area contributed by atoms with Crippen molar-refractivity contribution in [2.24, 2.45) is 0 Å². The summed E-state index contributed by atoms with van der Waals surface area (Å²) in [5.41, 5.74) is 1.32. The zero-order chi connectivity index (χ0) is 12.1. The summed E-state index contributed by atoms with van der Waals surface area (Å²) in [7, 11) is 0. The van der Waals surface area contributed by atoms with Crippen molar-refractivity contribution in [2.45, 2.75) is 13.8 Å². The van der Waals surface area contributed by atoms with Crippen molar-refractivity contribution in [3.05, 3.63) is 61.2 Å². The third-order valence-electron chi connectivity index (χ3n) is 2.35. The van der Waals surface area contributed by atoms with E-state index in [0.29, 0.717) is 0 Å². The van der Waals surface area contributed by atoms with Crippen molar-refractivity contribution >= 4 is 0 Å². The first-order valence-corrected chi connectivity index (χ1v) is 7.88. The van der Waals surface area contributed by atoms with Crippen molar-refractivity contribution < 1.29 is 25.9 Å². The van der Waals surface area contributed by atoms with Crippen LogP contribution in [0.25, 0.3) is 0 Å². The predicted octanol–water partition coefficient (Wildman–Crippen LogP) is 0.522. The summed E-state index contributed by atoms with van der Waals surface area (Å²) in [4.78, 5) is 0. The maximum absolute atomic E-state index is 5.44. The van der Waals surface area contributed by atoms with E-state index in [9.17, 15) is 0 Å². The van der Waals surface area contributed by atoms with Crippen molar-refractivity contribution in [1.82, 2.24) is 0 Å². The average molecular weight is 339 g/mol. The number of halogens is 1. The molecule has 0 unspecified atom stereocenters. The fourth-order valence-corrected chi connectivity index (χ4v) is 3.64. The van der Waals surface area contributed by atoms with Gasteiger partial charge in [-0.05, 0) is 0 Å². The number of hydrogen-bond donors (Lipinski definition) is 0. The van der Waals surface area contributed by atoms with Crippen LogP contribution in [0.5, 0.6) is 5.75 Å². The summed E-state index contributed by atoms with van der Waals surface area (Å²) in [5, 5.41) is 0. The van der Waals surface area contributed by atoms with Gasteiger partial charge in [-0.1, -0.05) is 0 Å². The maximum atomic E-state index is 5.44. The van der Waals surface area contributed by atoms with E-state index in [1.807, 2.05) is 6.92 Å². The molecule has 0 N–H and O–H groups in total. The van der Waals surface area contributed by atoms with Gasteiger partial charge >= 0.3 is 113 Å². The molecule has 0 saturated carbocycles. The molecule has 0 amide bonds. The fraction of sp³-hybridized carbons (Fsp3) is 0.200. The minimum absolute atomic E-state index is 0.0622. The summed E-state index contributed by atoms with van der Waals surface area (Å²) < 4.78 is 8.32. The summed E-state index contributed by atoms with van der Waals surface area (Å²) in [6.45, 7) is 4.86.